The van der Waals surface area contributed by atoms with E-state index < -0.39 is 0 Å². The lowest BCUT2D eigenvalue weighted by atomic mass is 9.85. The summed E-state index contributed by atoms with van der Waals surface area (Å²) in [5.74, 6) is 1.15. The number of benzene rings is 1. The van der Waals surface area contributed by atoms with Crippen molar-refractivity contribution in [3.63, 3.8) is 0 Å². The zero-order valence-corrected chi connectivity index (χ0v) is 15.7. The second-order valence-corrected chi connectivity index (χ2v) is 6.89. The normalized spacial score (nSPS) is 18.8. The van der Waals surface area contributed by atoms with E-state index in [1.54, 1.807) is 6.07 Å². The van der Waals surface area contributed by atoms with Gasteiger partial charge in [0.1, 0.15) is 0 Å². The molecule has 130 valence electrons. The van der Waals surface area contributed by atoms with Crippen molar-refractivity contribution >= 4 is 41.5 Å². The first-order valence-corrected chi connectivity index (χ1v) is 8.74. The minimum absolute atomic E-state index is 0. The number of piperidine rings is 1. The smallest absolute Gasteiger partial charge is 0.220 e. The number of carbonyl (C=O) groups excluding carboxylic acids is 1. The first-order chi connectivity index (χ1) is 10.6. The van der Waals surface area contributed by atoms with Gasteiger partial charge in [-0.2, -0.15) is 0 Å². The molecule has 2 unspecified atom stereocenters. The maximum atomic E-state index is 12.0. The van der Waals surface area contributed by atoms with E-state index >= 15 is 0 Å². The average molecular weight is 380 g/mol. The molecule has 1 aliphatic rings. The van der Waals surface area contributed by atoms with E-state index in [9.17, 15) is 4.79 Å². The zero-order valence-electron chi connectivity index (χ0n) is 13.4. The van der Waals surface area contributed by atoms with Crippen molar-refractivity contribution in [2.45, 2.75) is 32.6 Å². The van der Waals surface area contributed by atoms with Crippen LogP contribution in [-0.2, 0) is 11.2 Å². The van der Waals surface area contributed by atoms with Gasteiger partial charge in [0, 0.05) is 13.0 Å². The molecular weight excluding hydrogens is 355 g/mol. The fourth-order valence-corrected chi connectivity index (χ4v) is 3.39. The maximum Gasteiger partial charge on any atom is 0.220 e. The lowest BCUT2D eigenvalue weighted by Gasteiger charge is -2.28. The Morgan fingerprint density at radius 3 is 2.91 bits per heavy atom. The first kappa shape index (κ1) is 20.6. The van der Waals surface area contributed by atoms with Crippen molar-refractivity contribution in [1.29, 1.82) is 0 Å². The van der Waals surface area contributed by atoms with Crippen LogP contribution < -0.4 is 10.6 Å². The van der Waals surface area contributed by atoms with Crippen molar-refractivity contribution in [2.75, 3.05) is 19.6 Å². The maximum absolute atomic E-state index is 12.0. The van der Waals surface area contributed by atoms with Crippen LogP contribution in [0, 0.1) is 11.8 Å². The Bertz CT molecular complexity index is 505. The number of hydrogen-bond donors (Lipinski definition) is 2. The quantitative estimate of drug-likeness (QED) is 0.781. The van der Waals surface area contributed by atoms with E-state index in [1.807, 2.05) is 12.1 Å². The van der Waals surface area contributed by atoms with Crippen LogP contribution in [0.5, 0.6) is 0 Å². The SMILES string of the molecule is CC(CC(=O)NCCc1cccc(Cl)c1Cl)C1CCCNC1.Cl. The molecule has 0 saturated carbocycles. The summed E-state index contributed by atoms with van der Waals surface area (Å²) in [7, 11) is 0. The molecule has 2 N–H and O–H groups in total. The highest BCUT2D eigenvalue weighted by molar-refractivity contribution is 6.42. The second kappa shape index (κ2) is 10.4. The summed E-state index contributed by atoms with van der Waals surface area (Å²) in [5.41, 5.74) is 0.971. The molecule has 6 heteroatoms. The molecule has 0 bridgehead atoms. The Morgan fingerprint density at radius 2 is 2.22 bits per heavy atom. The molecular formula is C17H25Cl3N2O. The Morgan fingerprint density at radius 1 is 1.43 bits per heavy atom. The van der Waals surface area contributed by atoms with Gasteiger partial charge in [-0.25, -0.2) is 0 Å². The summed E-state index contributed by atoms with van der Waals surface area (Å²) < 4.78 is 0. The molecule has 0 aromatic heterocycles. The third-order valence-electron chi connectivity index (χ3n) is 4.40. The lowest BCUT2D eigenvalue weighted by molar-refractivity contribution is -0.122. The third-order valence-corrected chi connectivity index (χ3v) is 5.25. The molecule has 2 atom stereocenters. The van der Waals surface area contributed by atoms with Crippen molar-refractivity contribution in [2.24, 2.45) is 11.8 Å². The molecule has 1 aliphatic heterocycles. The summed E-state index contributed by atoms with van der Waals surface area (Å²) >= 11 is 12.1. The lowest BCUT2D eigenvalue weighted by Crippen LogP contribution is -2.36. The highest BCUT2D eigenvalue weighted by Crippen LogP contribution is 2.25. The number of nitrogens with one attached hydrogen (secondary N) is 2. The average Bonchev–Trinajstić information content (AvgIpc) is 2.52. The van der Waals surface area contributed by atoms with Crippen molar-refractivity contribution in [3.05, 3.63) is 33.8 Å². The van der Waals surface area contributed by atoms with Gasteiger partial charge in [0.2, 0.25) is 5.91 Å². The monoisotopic (exact) mass is 378 g/mol. The van der Waals surface area contributed by atoms with Gasteiger partial charge >= 0.3 is 0 Å². The van der Waals surface area contributed by atoms with E-state index in [-0.39, 0.29) is 18.3 Å². The van der Waals surface area contributed by atoms with Crippen LogP contribution in [0.1, 0.15) is 31.7 Å². The number of hydrogen-bond acceptors (Lipinski definition) is 2. The van der Waals surface area contributed by atoms with Crippen LogP contribution in [0.4, 0.5) is 0 Å². The molecule has 1 amide bonds. The van der Waals surface area contributed by atoms with E-state index in [0.29, 0.717) is 41.3 Å². The van der Waals surface area contributed by atoms with Crippen molar-refractivity contribution in [3.8, 4) is 0 Å². The topological polar surface area (TPSA) is 41.1 Å². The predicted molar refractivity (Wildman–Crippen MR) is 99.8 cm³/mol. The van der Waals surface area contributed by atoms with E-state index in [0.717, 1.165) is 18.7 Å². The molecule has 0 spiro atoms. The molecule has 0 radical (unpaired) electrons. The number of halogens is 3. The second-order valence-electron chi connectivity index (χ2n) is 6.10. The third kappa shape index (κ3) is 6.50. The van der Waals surface area contributed by atoms with Crippen molar-refractivity contribution < 1.29 is 4.79 Å². The van der Waals surface area contributed by atoms with Crippen LogP contribution in [0.3, 0.4) is 0 Å². The Kier molecular flexibility index (Phi) is 9.30. The zero-order chi connectivity index (χ0) is 15.9. The molecule has 1 aromatic carbocycles. The van der Waals surface area contributed by atoms with Crippen LogP contribution >= 0.6 is 35.6 Å². The van der Waals surface area contributed by atoms with Crippen LogP contribution in [0.15, 0.2) is 18.2 Å². The fraction of sp³-hybridized carbons (Fsp3) is 0.588. The van der Waals surface area contributed by atoms with E-state index in [2.05, 4.69) is 17.6 Å². The summed E-state index contributed by atoms with van der Waals surface area (Å²) in [5, 5.41) is 7.54. The number of carbonyl (C=O) groups is 1. The van der Waals surface area contributed by atoms with E-state index in [4.69, 9.17) is 23.2 Å². The van der Waals surface area contributed by atoms with Gasteiger partial charge < -0.3 is 10.6 Å². The van der Waals surface area contributed by atoms with Crippen molar-refractivity contribution in [1.82, 2.24) is 10.6 Å². The van der Waals surface area contributed by atoms with Gasteiger partial charge in [-0.15, -0.1) is 12.4 Å². The summed E-state index contributed by atoms with van der Waals surface area (Å²) in [6, 6.07) is 5.59. The molecule has 3 nitrogen and oxygen atoms in total. The van der Waals surface area contributed by atoms with Gasteiger partial charge in [-0.1, -0.05) is 42.3 Å². The molecule has 1 aromatic rings. The highest BCUT2D eigenvalue weighted by Gasteiger charge is 2.21. The Labute approximate surface area is 154 Å². The molecule has 1 heterocycles. The number of rotatable bonds is 6. The molecule has 2 rings (SSSR count). The van der Waals surface area contributed by atoms with Gasteiger partial charge in [-0.3, -0.25) is 4.79 Å². The van der Waals surface area contributed by atoms with Gasteiger partial charge in [0.05, 0.1) is 10.0 Å². The fourth-order valence-electron chi connectivity index (χ4n) is 2.97. The first-order valence-electron chi connectivity index (χ1n) is 7.98. The summed E-state index contributed by atoms with van der Waals surface area (Å²) in [6.07, 6.45) is 3.73. The molecule has 1 fully saturated rings. The standard InChI is InChI=1S/C17H24Cl2N2O.ClH/c1-12(14-5-3-8-20-11-14)10-16(22)21-9-7-13-4-2-6-15(18)17(13)19;/h2,4,6,12,14,20H,3,5,7-11H2,1H3,(H,21,22);1H. The predicted octanol–water partition coefficient (Wildman–Crippen LogP) is 4.10. The number of amides is 1. The Hall–Kier alpha value is -0.480. The molecule has 23 heavy (non-hydrogen) atoms. The Balaban J connectivity index is 0.00000264. The minimum atomic E-state index is 0. The minimum Gasteiger partial charge on any atom is -0.356 e. The molecule has 1 saturated heterocycles. The van der Waals surface area contributed by atoms with Crippen LogP contribution in [0.2, 0.25) is 10.0 Å². The van der Waals surface area contributed by atoms with Gasteiger partial charge in [0.15, 0.2) is 0 Å². The van der Waals surface area contributed by atoms with Gasteiger partial charge in [-0.05, 0) is 55.8 Å². The molecule has 0 aliphatic carbocycles. The van der Waals surface area contributed by atoms with Crippen LogP contribution in [0.25, 0.3) is 0 Å². The summed E-state index contributed by atoms with van der Waals surface area (Å²) in [4.78, 5) is 12.0. The van der Waals surface area contributed by atoms with Crippen LogP contribution in [-0.4, -0.2) is 25.5 Å². The highest BCUT2D eigenvalue weighted by atomic mass is 35.5. The summed E-state index contributed by atoms with van der Waals surface area (Å²) in [6.45, 7) is 4.90. The van der Waals surface area contributed by atoms with E-state index in [1.165, 1.54) is 12.8 Å². The van der Waals surface area contributed by atoms with Gasteiger partial charge in [0.25, 0.3) is 0 Å². The largest absolute Gasteiger partial charge is 0.356 e.